The summed E-state index contributed by atoms with van der Waals surface area (Å²) in [6.07, 6.45) is 1.60. The molecular weight excluding hydrogens is 194 g/mol. The van der Waals surface area contributed by atoms with Gasteiger partial charge < -0.3 is 10.1 Å². The molecule has 0 aliphatic rings. The average molecular weight is 205 g/mol. The third-order valence-electron chi connectivity index (χ3n) is 2.47. The molecular formula is C10H11N3O2. The number of carbonyl (C=O) groups is 1. The standard InChI is InChI=1S/C10H11N3O2/c1-5-6(2)12-13-8(5)9-7(10(14)15)3-4-11-9/h3-4,11H,1-2H3,(H,12,13)(H,14,15). The predicted molar refractivity (Wildman–Crippen MR) is 54.8 cm³/mol. The molecule has 0 fully saturated rings. The maximum absolute atomic E-state index is 10.9. The summed E-state index contributed by atoms with van der Waals surface area (Å²) in [7, 11) is 0. The van der Waals surface area contributed by atoms with Crippen LogP contribution in [-0.4, -0.2) is 26.3 Å². The van der Waals surface area contributed by atoms with E-state index < -0.39 is 5.97 Å². The summed E-state index contributed by atoms with van der Waals surface area (Å²) < 4.78 is 0. The quantitative estimate of drug-likeness (QED) is 0.698. The topological polar surface area (TPSA) is 81.8 Å². The van der Waals surface area contributed by atoms with E-state index in [0.29, 0.717) is 11.4 Å². The van der Waals surface area contributed by atoms with Gasteiger partial charge in [-0.2, -0.15) is 5.10 Å². The highest BCUT2D eigenvalue weighted by Crippen LogP contribution is 2.24. The summed E-state index contributed by atoms with van der Waals surface area (Å²) in [6.45, 7) is 3.80. The lowest BCUT2D eigenvalue weighted by atomic mass is 10.1. The van der Waals surface area contributed by atoms with Gasteiger partial charge >= 0.3 is 5.97 Å². The number of carboxylic acid groups (broad SMARTS) is 1. The van der Waals surface area contributed by atoms with Crippen LogP contribution in [0.2, 0.25) is 0 Å². The normalized spacial score (nSPS) is 10.5. The Morgan fingerprint density at radius 3 is 2.73 bits per heavy atom. The second kappa shape index (κ2) is 3.27. The highest BCUT2D eigenvalue weighted by molar-refractivity contribution is 5.94. The number of hydrogen-bond donors (Lipinski definition) is 3. The van der Waals surface area contributed by atoms with Crippen LogP contribution in [0.1, 0.15) is 21.6 Å². The van der Waals surface area contributed by atoms with Gasteiger partial charge in [0.1, 0.15) is 5.69 Å². The Morgan fingerprint density at radius 2 is 2.20 bits per heavy atom. The van der Waals surface area contributed by atoms with Gasteiger partial charge in [-0.05, 0) is 25.5 Å². The van der Waals surface area contributed by atoms with Crippen molar-refractivity contribution in [1.29, 1.82) is 0 Å². The average Bonchev–Trinajstić information content (AvgIpc) is 2.75. The minimum Gasteiger partial charge on any atom is -0.478 e. The fourth-order valence-corrected chi connectivity index (χ4v) is 1.47. The molecule has 2 rings (SSSR count). The van der Waals surface area contributed by atoms with Crippen LogP contribution in [-0.2, 0) is 0 Å². The molecule has 0 amide bonds. The van der Waals surface area contributed by atoms with Gasteiger partial charge in [-0.15, -0.1) is 0 Å². The zero-order chi connectivity index (χ0) is 11.0. The molecule has 0 spiro atoms. The molecule has 0 saturated carbocycles. The number of carboxylic acids is 1. The molecule has 15 heavy (non-hydrogen) atoms. The molecule has 2 aromatic rings. The summed E-state index contributed by atoms with van der Waals surface area (Å²) in [4.78, 5) is 13.8. The maximum Gasteiger partial charge on any atom is 0.337 e. The molecule has 5 heteroatoms. The Labute approximate surface area is 86.1 Å². The van der Waals surface area contributed by atoms with Crippen molar-refractivity contribution in [3.05, 3.63) is 29.1 Å². The Hall–Kier alpha value is -2.04. The third-order valence-corrected chi connectivity index (χ3v) is 2.47. The maximum atomic E-state index is 10.9. The van der Waals surface area contributed by atoms with Crippen LogP contribution in [0.5, 0.6) is 0 Å². The highest BCUT2D eigenvalue weighted by Gasteiger charge is 2.17. The van der Waals surface area contributed by atoms with Crippen LogP contribution in [0.4, 0.5) is 0 Å². The van der Waals surface area contributed by atoms with Crippen molar-refractivity contribution in [2.24, 2.45) is 0 Å². The first kappa shape index (κ1) is 9.51. The number of aromatic nitrogens is 3. The molecule has 0 unspecified atom stereocenters. The van der Waals surface area contributed by atoms with Crippen molar-refractivity contribution < 1.29 is 9.90 Å². The minimum atomic E-state index is -0.952. The fourth-order valence-electron chi connectivity index (χ4n) is 1.47. The van der Waals surface area contributed by atoms with Gasteiger partial charge in [-0.1, -0.05) is 0 Å². The molecule has 0 aliphatic heterocycles. The van der Waals surface area contributed by atoms with Crippen molar-refractivity contribution in [2.45, 2.75) is 13.8 Å². The summed E-state index contributed by atoms with van der Waals surface area (Å²) in [6, 6.07) is 1.53. The molecule has 78 valence electrons. The number of aromatic carboxylic acids is 1. The van der Waals surface area contributed by atoms with Crippen LogP contribution in [0.15, 0.2) is 12.3 Å². The van der Waals surface area contributed by atoms with Gasteiger partial charge in [0.25, 0.3) is 0 Å². The van der Waals surface area contributed by atoms with E-state index in [0.717, 1.165) is 11.3 Å². The van der Waals surface area contributed by atoms with Gasteiger partial charge in [0.05, 0.1) is 11.3 Å². The monoisotopic (exact) mass is 205 g/mol. The van der Waals surface area contributed by atoms with E-state index in [4.69, 9.17) is 5.11 Å². The Balaban J connectivity index is 2.59. The number of hydrogen-bond acceptors (Lipinski definition) is 2. The van der Waals surface area contributed by atoms with Gasteiger partial charge in [-0.25, -0.2) is 4.79 Å². The van der Waals surface area contributed by atoms with E-state index in [1.807, 2.05) is 13.8 Å². The largest absolute Gasteiger partial charge is 0.478 e. The number of rotatable bonds is 2. The first-order valence-electron chi connectivity index (χ1n) is 4.54. The van der Waals surface area contributed by atoms with Crippen molar-refractivity contribution in [2.75, 3.05) is 0 Å². The molecule has 2 aromatic heterocycles. The van der Waals surface area contributed by atoms with E-state index in [1.54, 1.807) is 6.20 Å². The van der Waals surface area contributed by atoms with Crippen LogP contribution >= 0.6 is 0 Å². The summed E-state index contributed by atoms with van der Waals surface area (Å²) in [5.41, 5.74) is 3.35. The zero-order valence-corrected chi connectivity index (χ0v) is 8.46. The second-order valence-electron chi connectivity index (χ2n) is 3.39. The smallest absolute Gasteiger partial charge is 0.337 e. The van der Waals surface area contributed by atoms with Crippen LogP contribution in [0, 0.1) is 13.8 Å². The number of aryl methyl sites for hydroxylation is 1. The first-order chi connectivity index (χ1) is 7.11. The molecule has 5 nitrogen and oxygen atoms in total. The number of nitrogens with zero attached hydrogens (tertiary/aromatic N) is 1. The van der Waals surface area contributed by atoms with E-state index in [-0.39, 0.29) is 5.56 Å². The van der Waals surface area contributed by atoms with Crippen molar-refractivity contribution >= 4 is 5.97 Å². The van der Waals surface area contributed by atoms with Crippen molar-refractivity contribution in [1.82, 2.24) is 15.2 Å². The van der Waals surface area contributed by atoms with Gasteiger partial charge in [0.15, 0.2) is 0 Å². The van der Waals surface area contributed by atoms with Crippen LogP contribution in [0.3, 0.4) is 0 Å². The second-order valence-corrected chi connectivity index (χ2v) is 3.39. The predicted octanol–water partition coefficient (Wildman–Crippen LogP) is 1.72. The summed E-state index contributed by atoms with van der Waals surface area (Å²) >= 11 is 0. The highest BCUT2D eigenvalue weighted by atomic mass is 16.4. The molecule has 0 aliphatic carbocycles. The lowest BCUT2D eigenvalue weighted by Gasteiger charge is -1.97. The third kappa shape index (κ3) is 1.41. The van der Waals surface area contributed by atoms with Crippen LogP contribution < -0.4 is 0 Å². The first-order valence-corrected chi connectivity index (χ1v) is 4.54. The molecule has 0 aromatic carbocycles. The zero-order valence-electron chi connectivity index (χ0n) is 8.46. The molecule has 0 bridgehead atoms. The Morgan fingerprint density at radius 1 is 1.47 bits per heavy atom. The van der Waals surface area contributed by atoms with E-state index >= 15 is 0 Å². The summed E-state index contributed by atoms with van der Waals surface area (Å²) in [5, 5.41) is 15.9. The fraction of sp³-hybridized carbons (Fsp3) is 0.200. The van der Waals surface area contributed by atoms with Crippen LogP contribution in [0.25, 0.3) is 11.4 Å². The molecule has 3 N–H and O–H groups in total. The van der Waals surface area contributed by atoms with E-state index in [9.17, 15) is 4.79 Å². The van der Waals surface area contributed by atoms with E-state index in [2.05, 4.69) is 15.2 Å². The number of aromatic amines is 2. The SMILES string of the molecule is Cc1[nH]nc(-c2[nH]ccc2C(=O)O)c1C. The molecule has 0 radical (unpaired) electrons. The number of H-pyrrole nitrogens is 2. The van der Waals surface area contributed by atoms with Gasteiger partial charge in [-0.3, -0.25) is 5.10 Å². The lowest BCUT2D eigenvalue weighted by molar-refractivity contribution is 0.0698. The number of nitrogens with one attached hydrogen (secondary N) is 2. The minimum absolute atomic E-state index is 0.240. The Bertz CT molecular complexity index is 510. The lowest BCUT2D eigenvalue weighted by Crippen LogP contribution is -1.97. The molecule has 2 heterocycles. The van der Waals surface area contributed by atoms with Crippen molar-refractivity contribution in [3.63, 3.8) is 0 Å². The van der Waals surface area contributed by atoms with E-state index in [1.165, 1.54) is 6.07 Å². The Kier molecular flexibility index (Phi) is 2.07. The van der Waals surface area contributed by atoms with Crippen molar-refractivity contribution in [3.8, 4) is 11.4 Å². The molecule has 0 atom stereocenters. The summed E-state index contributed by atoms with van der Waals surface area (Å²) in [5.74, 6) is -0.952. The van der Waals surface area contributed by atoms with Gasteiger partial charge in [0.2, 0.25) is 0 Å². The van der Waals surface area contributed by atoms with Gasteiger partial charge in [0, 0.05) is 11.9 Å². The molecule has 0 saturated heterocycles.